The third-order valence-electron chi connectivity index (χ3n) is 2.97. The average Bonchev–Trinajstić information content (AvgIpc) is 2.89. The van der Waals surface area contributed by atoms with Crippen LogP contribution in [0.25, 0.3) is 22.6 Å². The molecular weight excluding hydrogens is 349 g/mol. The molecule has 6 nitrogen and oxygen atoms in total. The molecule has 116 valence electrons. The Kier molecular flexibility index (Phi) is 4.60. The minimum Gasteiger partial charge on any atom is -0.496 e. The number of aromatic nitrogens is 3. The van der Waals surface area contributed by atoms with Crippen molar-refractivity contribution in [1.82, 2.24) is 15.0 Å². The molecule has 2 heterocycles. The van der Waals surface area contributed by atoms with Gasteiger partial charge in [-0.15, -0.1) is 12.4 Å². The van der Waals surface area contributed by atoms with Crippen LogP contribution in [0.5, 0.6) is 5.75 Å². The number of rotatable bonds is 3. The third-order valence-corrected chi connectivity index (χ3v) is 4.32. The molecule has 0 unspecified atom stereocenters. The maximum absolute atomic E-state index is 11.4. The number of nitrogens with one attached hydrogen (secondary N) is 1. The van der Waals surface area contributed by atoms with Gasteiger partial charge in [0, 0.05) is 22.9 Å². The van der Waals surface area contributed by atoms with Crippen molar-refractivity contribution < 1.29 is 13.2 Å². The quantitative estimate of drug-likeness (QED) is 0.726. The van der Waals surface area contributed by atoms with Crippen molar-refractivity contribution in [2.75, 3.05) is 7.11 Å². The van der Waals surface area contributed by atoms with Gasteiger partial charge >= 0.3 is 0 Å². The Bertz CT molecular complexity index is 892. The topological polar surface area (TPSA) is 84.9 Å². The van der Waals surface area contributed by atoms with E-state index in [1.165, 1.54) is 19.2 Å². The van der Waals surface area contributed by atoms with Gasteiger partial charge in [-0.25, -0.2) is 18.4 Å². The molecule has 0 saturated carbocycles. The van der Waals surface area contributed by atoms with Gasteiger partial charge in [-0.05, 0) is 24.3 Å². The summed E-state index contributed by atoms with van der Waals surface area (Å²) in [4.78, 5) is 11.6. The van der Waals surface area contributed by atoms with E-state index in [4.69, 9.17) is 15.4 Å². The van der Waals surface area contributed by atoms with E-state index in [0.717, 1.165) is 5.52 Å². The highest BCUT2D eigenvalue weighted by Crippen LogP contribution is 2.32. The smallest absolute Gasteiger partial charge is 0.261 e. The number of methoxy groups -OCH3 is 1. The molecule has 0 amide bonds. The first-order valence-electron chi connectivity index (χ1n) is 5.93. The molecule has 0 aliphatic rings. The molecule has 1 N–H and O–H groups in total. The van der Waals surface area contributed by atoms with Crippen molar-refractivity contribution in [1.29, 1.82) is 0 Å². The van der Waals surface area contributed by atoms with Crippen LogP contribution < -0.4 is 4.74 Å². The molecule has 0 spiro atoms. The van der Waals surface area contributed by atoms with Crippen LogP contribution in [0.4, 0.5) is 0 Å². The predicted octanol–water partition coefficient (Wildman–Crippen LogP) is 2.98. The highest BCUT2D eigenvalue weighted by Gasteiger charge is 2.16. The molecule has 9 heteroatoms. The first-order chi connectivity index (χ1) is 9.99. The summed E-state index contributed by atoms with van der Waals surface area (Å²) < 4.78 is 28.0. The molecule has 0 fully saturated rings. The van der Waals surface area contributed by atoms with Gasteiger partial charge in [-0.1, -0.05) is 0 Å². The van der Waals surface area contributed by atoms with E-state index in [1.54, 1.807) is 18.3 Å². The molecule has 0 radical (unpaired) electrons. The zero-order valence-electron chi connectivity index (χ0n) is 11.3. The van der Waals surface area contributed by atoms with Gasteiger partial charge in [0.25, 0.3) is 9.05 Å². The average molecular weight is 360 g/mol. The van der Waals surface area contributed by atoms with Gasteiger partial charge in [0.2, 0.25) is 0 Å². The summed E-state index contributed by atoms with van der Waals surface area (Å²) in [5, 5.41) is 0. The molecule has 0 aliphatic carbocycles. The normalized spacial score (nSPS) is 11.2. The zero-order chi connectivity index (χ0) is 15.0. The largest absolute Gasteiger partial charge is 0.496 e. The number of nitrogens with zero attached hydrogens (tertiary/aromatic N) is 2. The summed E-state index contributed by atoms with van der Waals surface area (Å²) >= 11 is 0. The molecule has 3 aromatic rings. The number of halogens is 2. The Morgan fingerprint density at radius 2 is 2.05 bits per heavy atom. The van der Waals surface area contributed by atoms with Gasteiger partial charge in [0.15, 0.2) is 5.65 Å². The highest BCUT2D eigenvalue weighted by atomic mass is 35.7. The van der Waals surface area contributed by atoms with Crippen molar-refractivity contribution >= 4 is 43.3 Å². The number of aromatic amines is 1. The van der Waals surface area contributed by atoms with Gasteiger partial charge in [0.1, 0.15) is 11.6 Å². The van der Waals surface area contributed by atoms with Gasteiger partial charge < -0.3 is 9.72 Å². The summed E-state index contributed by atoms with van der Waals surface area (Å²) in [5.74, 6) is 0.898. The highest BCUT2D eigenvalue weighted by molar-refractivity contribution is 8.13. The van der Waals surface area contributed by atoms with Crippen molar-refractivity contribution in [3.63, 3.8) is 0 Å². The van der Waals surface area contributed by atoms with Crippen LogP contribution in [0.1, 0.15) is 0 Å². The molecule has 3 rings (SSSR count). The third kappa shape index (κ3) is 3.01. The van der Waals surface area contributed by atoms with E-state index < -0.39 is 9.05 Å². The van der Waals surface area contributed by atoms with Crippen molar-refractivity contribution in [3.05, 3.63) is 36.5 Å². The molecule has 0 aliphatic heterocycles. The monoisotopic (exact) mass is 359 g/mol. The SMILES string of the molecule is COc1cc(S(=O)(=O)Cl)ccc1-c1nc2ncccc2[nH]1.Cl. The van der Waals surface area contributed by atoms with Crippen molar-refractivity contribution in [3.8, 4) is 17.1 Å². The van der Waals surface area contributed by atoms with Gasteiger partial charge in [0.05, 0.1) is 23.1 Å². The fraction of sp³-hybridized carbons (Fsp3) is 0.0769. The van der Waals surface area contributed by atoms with Crippen LogP contribution in [0.15, 0.2) is 41.4 Å². The fourth-order valence-electron chi connectivity index (χ4n) is 1.99. The van der Waals surface area contributed by atoms with Crippen LogP contribution in [0, 0.1) is 0 Å². The minimum atomic E-state index is -3.81. The van der Waals surface area contributed by atoms with E-state index in [0.29, 0.717) is 22.8 Å². The number of hydrogen-bond acceptors (Lipinski definition) is 5. The second-order valence-electron chi connectivity index (χ2n) is 4.26. The lowest BCUT2D eigenvalue weighted by Gasteiger charge is -2.07. The number of H-pyrrole nitrogens is 1. The van der Waals surface area contributed by atoms with Crippen LogP contribution in [-0.2, 0) is 9.05 Å². The maximum Gasteiger partial charge on any atom is 0.261 e. The number of pyridine rings is 1. The van der Waals surface area contributed by atoms with Gasteiger partial charge in [-0.3, -0.25) is 0 Å². The summed E-state index contributed by atoms with van der Waals surface area (Å²) in [6.07, 6.45) is 1.65. The van der Waals surface area contributed by atoms with Crippen LogP contribution in [0.3, 0.4) is 0 Å². The van der Waals surface area contributed by atoms with Gasteiger partial charge in [-0.2, -0.15) is 0 Å². The summed E-state index contributed by atoms with van der Waals surface area (Å²) in [6, 6.07) is 8.00. The second-order valence-corrected chi connectivity index (χ2v) is 6.83. The molecule has 0 saturated heterocycles. The standard InChI is InChI=1S/C13H10ClN3O3S.ClH/c1-20-11-7-8(21(14,18)19)4-5-9(11)12-16-10-3-2-6-15-13(10)17-12;/h2-7H,1H3,(H,15,16,17);1H. The molecular formula is C13H11Cl2N3O3S. The maximum atomic E-state index is 11.4. The number of fused-ring (bicyclic) bond motifs is 1. The Labute approximate surface area is 137 Å². The lowest BCUT2D eigenvalue weighted by molar-refractivity contribution is 0.415. The van der Waals surface area contributed by atoms with E-state index >= 15 is 0 Å². The number of hydrogen-bond donors (Lipinski definition) is 1. The molecule has 0 atom stereocenters. The number of ether oxygens (including phenoxy) is 1. The van der Waals surface area contributed by atoms with E-state index in [9.17, 15) is 8.42 Å². The van der Waals surface area contributed by atoms with Crippen LogP contribution >= 0.6 is 23.1 Å². The predicted molar refractivity (Wildman–Crippen MR) is 86.2 cm³/mol. The summed E-state index contributed by atoms with van der Waals surface area (Å²) in [6.45, 7) is 0. The molecule has 0 bridgehead atoms. The summed E-state index contributed by atoms with van der Waals surface area (Å²) in [7, 11) is 2.97. The van der Waals surface area contributed by atoms with E-state index in [-0.39, 0.29) is 17.3 Å². The number of benzene rings is 1. The fourth-order valence-corrected chi connectivity index (χ4v) is 2.76. The molecule has 2 aromatic heterocycles. The lowest BCUT2D eigenvalue weighted by atomic mass is 10.2. The zero-order valence-corrected chi connectivity index (χ0v) is 13.7. The van der Waals surface area contributed by atoms with Crippen molar-refractivity contribution in [2.45, 2.75) is 4.90 Å². The lowest BCUT2D eigenvalue weighted by Crippen LogP contribution is -1.95. The summed E-state index contributed by atoms with van der Waals surface area (Å²) in [5.41, 5.74) is 1.98. The van der Waals surface area contributed by atoms with E-state index in [2.05, 4.69) is 15.0 Å². The minimum absolute atomic E-state index is 0. The second kappa shape index (κ2) is 6.12. The number of imidazole rings is 1. The van der Waals surface area contributed by atoms with Crippen molar-refractivity contribution in [2.24, 2.45) is 0 Å². The first kappa shape index (κ1) is 16.5. The molecule has 1 aromatic carbocycles. The molecule has 22 heavy (non-hydrogen) atoms. The van der Waals surface area contributed by atoms with Crippen LogP contribution in [-0.4, -0.2) is 30.5 Å². The van der Waals surface area contributed by atoms with Crippen LogP contribution in [0.2, 0.25) is 0 Å². The Morgan fingerprint density at radius 3 is 2.68 bits per heavy atom. The van der Waals surface area contributed by atoms with E-state index in [1.807, 2.05) is 6.07 Å². The Balaban J connectivity index is 0.00000176. The first-order valence-corrected chi connectivity index (χ1v) is 8.24. The Morgan fingerprint density at radius 1 is 1.27 bits per heavy atom. The Hall–Kier alpha value is -1.83.